The second-order valence-electron chi connectivity index (χ2n) is 5.65. The molecule has 0 saturated carbocycles. The molecule has 1 fully saturated rings. The minimum Gasteiger partial charge on any atom is -0.321 e. The first kappa shape index (κ1) is 15.6. The van der Waals surface area contributed by atoms with E-state index in [9.17, 15) is 14.9 Å². The molecule has 2 heterocycles. The second kappa shape index (κ2) is 6.89. The van der Waals surface area contributed by atoms with Gasteiger partial charge in [0, 0.05) is 30.7 Å². The molecule has 2 N–H and O–H groups in total. The second-order valence-corrected chi connectivity index (χ2v) is 6.63. The summed E-state index contributed by atoms with van der Waals surface area (Å²) < 4.78 is 0. The molecular formula is C16H18N3O3S+. The molecule has 1 aliphatic heterocycles. The molecule has 2 aromatic rings. The summed E-state index contributed by atoms with van der Waals surface area (Å²) in [6, 6.07) is 10.6. The zero-order valence-corrected chi connectivity index (χ0v) is 13.3. The van der Waals surface area contributed by atoms with E-state index >= 15 is 0 Å². The first-order valence-corrected chi connectivity index (χ1v) is 8.44. The van der Waals surface area contributed by atoms with Gasteiger partial charge in [-0.15, -0.1) is 11.3 Å². The van der Waals surface area contributed by atoms with E-state index in [1.54, 1.807) is 23.5 Å². The van der Waals surface area contributed by atoms with Crippen LogP contribution in [0.15, 0.2) is 41.8 Å². The number of carbonyl (C=O) groups excluding carboxylic acids is 1. The molecule has 0 radical (unpaired) electrons. The van der Waals surface area contributed by atoms with Crippen molar-refractivity contribution in [3.63, 3.8) is 0 Å². The largest absolute Gasteiger partial charge is 0.321 e. The lowest BCUT2D eigenvalue weighted by atomic mass is 10.2. The Bertz CT molecular complexity index is 702. The van der Waals surface area contributed by atoms with Crippen molar-refractivity contribution >= 4 is 28.6 Å². The number of nitro groups is 1. The van der Waals surface area contributed by atoms with Crippen LogP contribution in [-0.4, -0.2) is 23.9 Å². The number of amides is 1. The summed E-state index contributed by atoms with van der Waals surface area (Å²) in [5, 5.41) is 15.6. The molecule has 0 spiro atoms. The molecule has 1 aromatic heterocycles. The van der Waals surface area contributed by atoms with Gasteiger partial charge in [0.05, 0.1) is 16.3 Å². The number of quaternary nitrogens is 1. The number of hydrogen-bond acceptors (Lipinski definition) is 4. The summed E-state index contributed by atoms with van der Waals surface area (Å²) in [6.07, 6.45) is 2.21. The van der Waals surface area contributed by atoms with E-state index in [-0.39, 0.29) is 11.6 Å². The van der Waals surface area contributed by atoms with Gasteiger partial charge in [0.2, 0.25) is 0 Å². The van der Waals surface area contributed by atoms with Crippen LogP contribution in [0.3, 0.4) is 0 Å². The molecule has 7 heteroatoms. The van der Waals surface area contributed by atoms with Gasteiger partial charge in [-0.2, -0.15) is 0 Å². The molecule has 1 aromatic carbocycles. The zero-order chi connectivity index (χ0) is 16.2. The Hall–Kier alpha value is -2.25. The fraction of sp³-hybridized carbons (Fsp3) is 0.312. The highest BCUT2D eigenvalue weighted by Crippen LogP contribution is 2.23. The van der Waals surface area contributed by atoms with Crippen LogP contribution in [0.1, 0.15) is 23.8 Å². The van der Waals surface area contributed by atoms with Gasteiger partial charge in [0.15, 0.2) is 6.54 Å². The molecular weight excluding hydrogens is 314 g/mol. The molecule has 120 valence electrons. The molecule has 1 amide bonds. The van der Waals surface area contributed by atoms with E-state index in [2.05, 4.69) is 16.8 Å². The van der Waals surface area contributed by atoms with Crippen LogP contribution in [0.4, 0.5) is 11.4 Å². The highest BCUT2D eigenvalue weighted by Gasteiger charge is 2.32. The number of nitrogens with one attached hydrogen (secondary N) is 2. The van der Waals surface area contributed by atoms with Crippen molar-refractivity contribution in [3.05, 3.63) is 56.8 Å². The third kappa shape index (κ3) is 3.75. The number of nitro benzene ring substituents is 1. The van der Waals surface area contributed by atoms with Gasteiger partial charge in [0.1, 0.15) is 6.04 Å². The maximum Gasteiger partial charge on any atom is 0.279 e. The summed E-state index contributed by atoms with van der Waals surface area (Å²) in [5.74, 6) is -0.107. The fourth-order valence-corrected chi connectivity index (χ4v) is 3.99. The maximum atomic E-state index is 12.3. The number of carbonyl (C=O) groups is 1. The van der Waals surface area contributed by atoms with E-state index in [4.69, 9.17) is 0 Å². The van der Waals surface area contributed by atoms with E-state index in [0.29, 0.717) is 18.3 Å². The fourth-order valence-electron chi connectivity index (χ4n) is 3.06. The Kier molecular flexibility index (Phi) is 4.68. The molecule has 1 saturated heterocycles. The molecule has 0 bridgehead atoms. The summed E-state index contributed by atoms with van der Waals surface area (Å²) in [7, 11) is 0. The topological polar surface area (TPSA) is 76.7 Å². The first-order valence-electron chi connectivity index (χ1n) is 7.56. The number of benzene rings is 1. The Labute approximate surface area is 137 Å². The molecule has 0 aliphatic carbocycles. The van der Waals surface area contributed by atoms with Gasteiger partial charge < -0.3 is 10.2 Å². The van der Waals surface area contributed by atoms with Crippen LogP contribution in [0, 0.1) is 10.1 Å². The molecule has 2 atom stereocenters. The van der Waals surface area contributed by atoms with E-state index in [1.165, 1.54) is 21.9 Å². The predicted octanol–water partition coefficient (Wildman–Crippen LogP) is 2.01. The summed E-state index contributed by atoms with van der Waals surface area (Å²) in [4.78, 5) is 25.2. The standard InChI is InChI=1S/C16H17N3O3S/c20-16(17-12-4-1-5-13(10-12)19(21)22)11-18-8-2-6-14(18)15-7-3-9-23-15/h1,3-5,7,9-10,14H,2,6,8,11H2,(H,17,20)/p+1/t14-/m0/s1. The van der Waals surface area contributed by atoms with Crippen molar-refractivity contribution in [1.82, 2.24) is 0 Å². The highest BCUT2D eigenvalue weighted by atomic mass is 32.1. The summed E-state index contributed by atoms with van der Waals surface area (Å²) in [5.41, 5.74) is 0.447. The average molecular weight is 332 g/mol. The van der Waals surface area contributed by atoms with Gasteiger partial charge in [-0.3, -0.25) is 14.9 Å². The van der Waals surface area contributed by atoms with Gasteiger partial charge in [-0.05, 0) is 17.5 Å². The maximum absolute atomic E-state index is 12.3. The molecule has 1 aliphatic rings. The Morgan fingerprint density at radius 2 is 2.26 bits per heavy atom. The number of anilines is 1. The molecule has 23 heavy (non-hydrogen) atoms. The third-order valence-electron chi connectivity index (χ3n) is 4.10. The van der Waals surface area contributed by atoms with Crippen molar-refractivity contribution in [3.8, 4) is 0 Å². The smallest absolute Gasteiger partial charge is 0.279 e. The van der Waals surface area contributed by atoms with Crippen LogP contribution in [0.2, 0.25) is 0 Å². The average Bonchev–Trinajstić information content (AvgIpc) is 3.18. The van der Waals surface area contributed by atoms with Crippen LogP contribution in [-0.2, 0) is 4.79 Å². The monoisotopic (exact) mass is 332 g/mol. The Morgan fingerprint density at radius 3 is 3.00 bits per heavy atom. The first-order chi connectivity index (χ1) is 11.1. The summed E-state index contributed by atoms with van der Waals surface area (Å²) >= 11 is 1.73. The van der Waals surface area contributed by atoms with E-state index in [1.807, 2.05) is 6.07 Å². The SMILES string of the molecule is O=C(C[NH+]1CCC[C@H]1c1cccs1)Nc1cccc([N+](=O)[O-])c1. The van der Waals surface area contributed by atoms with Crippen LogP contribution in [0.25, 0.3) is 0 Å². The minimum absolute atomic E-state index is 0.0206. The number of non-ortho nitro benzene ring substituents is 1. The highest BCUT2D eigenvalue weighted by molar-refractivity contribution is 7.10. The van der Waals surface area contributed by atoms with Gasteiger partial charge in [0.25, 0.3) is 11.6 Å². The van der Waals surface area contributed by atoms with Crippen molar-refractivity contribution in [2.75, 3.05) is 18.4 Å². The Balaban J connectivity index is 1.63. The van der Waals surface area contributed by atoms with Crippen molar-refractivity contribution < 1.29 is 14.6 Å². The predicted molar refractivity (Wildman–Crippen MR) is 88.7 cm³/mol. The third-order valence-corrected chi connectivity index (χ3v) is 5.08. The van der Waals surface area contributed by atoms with Crippen LogP contribution < -0.4 is 10.2 Å². The lowest BCUT2D eigenvalue weighted by Gasteiger charge is -2.20. The number of nitrogens with zero attached hydrogens (tertiary/aromatic N) is 1. The van der Waals surface area contributed by atoms with Gasteiger partial charge >= 0.3 is 0 Å². The molecule has 6 nitrogen and oxygen atoms in total. The molecule has 1 unspecified atom stereocenters. The minimum atomic E-state index is -0.464. The van der Waals surface area contributed by atoms with E-state index in [0.717, 1.165) is 19.4 Å². The van der Waals surface area contributed by atoms with Crippen molar-refractivity contribution in [2.24, 2.45) is 0 Å². The van der Waals surface area contributed by atoms with Crippen LogP contribution in [0.5, 0.6) is 0 Å². The number of rotatable bonds is 5. The lowest BCUT2D eigenvalue weighted by Crippen LogP contribution is -3.11. The van der Waals surface area contributed by atoms with Crippen molar-refractivity contribution in [2.45, 2.75) is 18.9 Å². The normalized spacial score (nSPS) is 20.3. The van der Waals surface area contributed by atoms with Gasteiger partial charge in [-0.1, -0.05) is 12.1 Å². The number of thiophene rings is 1. The van der Waals surface area contributed by atoms with E-state index < -0.39 is 4.92 Å². The zero-order valence-electron chi connectivity index (χ0n) is 12.5. The van der Waals surface area contributed by atoms with Crippen LogP contribution >= 0.6 is 11.3 Å². The van der Waals surface area contributed by atoms with Gasteiger partial charge in [-0.25, -0.2) is 0 Å². The number of likely N-dealkylation sites (tertiary alicyclic amines) is 1. The quantitative estimate of drug-likeness (QED) is 0.649. The number of hydrogen-bond donors (Lipinski definition) is 2. The summed E-state index contributed by atoms with van der Waals surface area (Å²) in [6.45, 7) is 1.36. The molecule has 3 rings (SSSR count). The lowest BCUT2D eigenvalue weighted by molar-refractivity contribution is -0.910. The Morgan fingerprint density at radius 1 is 1.39 bits per heavy atom. The van der Waals surface area contributed by atoms with Crippen molar-refractivity contribution in [1.29, 1.82) is 0 Å².